The molecule has 0 aliphatic carbocycles. The fraction of sp³-hybridized carbons (Fsp3) is 0.0909. The number of rotatable bonds is 9. The number of benzene rings is 4. The molecule has 0 saturated heterocycles. The number of hydrogen-bond acceptors (Lipinski definition) is 13. The SMILES string of the molecule is Cc1cc(/C=C/C#N)cc(C)c1Nc1nc(Nc2ccc(C#N)cc2)ncc1N.[C-]#[N+]/C=C/c1cc(C)c(-n2nnc3cnc(Nc4ccc(C#N)cc4)nc32)c(C)c1. The molecule has 286 valence electrons. The molecule has 0 radical (unpaired) electrons. The Balaban J connectivity index is 0.000000199. The summed E-state index contributed by atoms with van der Waals surface area (Å²) in [5, 5.41) is 44.5. The second-order valence-electron chi connectivity index (χ2n) is 13.1. The van der Waals surface area contributed by atoms with Crippen molar-refractivity contribution in [2.24, 2.45) is 0 Å². The minimum atomic E-state index is 0.385. The molecule has 59 heavy (non-hydrogen) atoms. The van der Waals surface area contributed by atoms with E-state index in [0.717, 1.165) is 56.1 Å². The van der Waals surface area contributed by atoms with Crippen molar-refractivity contribution in [2.75, 3.05) is 21.7 Å². The van der Waals surface area contributed by atoms with E-state index in [-0.39, 0.29) is 0 Å². The molecule has 0 fully saturated rings. The smallest absolute Gasteiger partial charge is 0.229 e. The van der Waals surface area contributed by atoms with Gasteiger partial charge >= 0.3 is 0 Å². The number of anilines is 7. The number of nitrogens with zero attached hydrogens (tertiary/aromatic N) is 11. The summed E-state index contributed by atoms with van der Waals surface area (Å²) in [5.41, 5.74) is 18.0. The third-order valence-corrected chi connectivity index (χ3v) is 8.77. The van der Waals surface area contributed by atoms with E-state index >= 15 is 0 Å². The lowest BCUT2D eigenvalue weighted by atomic mass is 10.0. The standard InChI is InChI=1S/C22H16N8.C22H19N7/c1-14-10-17(8-9-24-3)11-15(2)20(14)30-21-19(28-29-30)13-25-22(27-21)26-18-6-4-16(12-23)5-7-18;1-14-10-17(4-3-9-23)11-15(2)20(14)28-21-19(25)13-26-22(29-21)27-18-7-5-16(12-24)6-8-18/h4-11,13H,1-2H3,(H,25,26,27);3-8,10-11,13H,25H2,1-2H3,(H2,26,27,28,29)/b9-8+;4-3+. The van der Waals surface area contributed by atoms with E-state index in [0.29, 0.717) is 45.7 Å². The molecule has 7 aromatic rings. The minimum absolute atomic E-state index is 0.385. The van der Waals surface area contributed by atoms with E-state index in [1.165, 1.54) is 18.5 Å². The summed E-state index contributed by atoms with van der Waals surface area (Å²) < 4.78 is 1.70. The number of hydrogen-bond donors (Lipinski definition) is 4. The number of nitrogens with one attached hydrogen (secondary N) is 3. The summed E-state index contributed by atoms with van der Waals surface area (Å²) >= 11 is 0. The van der Waals surface area contributed by atoms with Crippen LogP contribution in [0.2, 0.25) is 0 Å². The van der Waals surface area contributed by atoms with Crippen molar-refractivity contribution in [3.63, 3.8) is 0 Å². The van der Waals surface area contributed by atoms with Gasteiger partial charge in [0.2, 0.25) is 11.9 Å². The first-order chi connectivity index (χ1) is 28.6. The van der Waals surface area contributed by atoms with Gasteiger partial charge in [-0.25, -0.2) is 14.8 Å². The Morgan fingerprint density at radius 2 is 1.25 bits per heavy atom. The predicted molar refractivity (Wildman–Crippen MR) is 229 cm³/mol. The van der Waals surface area contributed by atoms with E-state index in [1.54, 1.807) is 71.6 Å². The summed E-state index contributed by atoms with van der Waals surface area (Å²) in [5.74, 6) is 1.28. The number of nitriles is 3. The molecule has 0 unspecified atom stereocenters. The summed E-state index contributed by atoms with van der Waals surface area (Å²) in [6.07, 6.45) is 9.59. The molecule has 7 rings (SSSR count). The Morgan fingerprint density at radius 3 is 1.81 bits per heavy atom. The molecule has 0 aliphatic rings. The molecule has 4 aromatic carbocycles. The first-order valence-electron chi connectivity index (χ1n) is 17.9. The van der Waals surface area contributed by atoms with Gasteiger partial charge in [-0.1, -0.05) is 23.4 Å². The van der Waals surface area contributed by atoms with Crippen LogP contribution in [0, 0.1) is 68.3 Å². The molecule has 5 N–H and O–H groups in total. The van der Waals surface area contributed by atoms with Crippen LogP contribution in [0.3, 0.4) is 0 Å². The highest BCUT2D eigenvalue weighted by atomic mass is 15.4. The highest BCUT2D eigenvalue weighted by molar-refractivity contribution is 5.76. The molecular weight excluding hydrogens is 739 g/mol. The van der Waals surface area contributed by atoms with Crippen molar-refractivity contribution < 1.29 is 0 Å². The Labute approximate surface area is 340 Å². The van der Waals surface area contributed by atoms with Crippen molar-refractivity contribution in [1.29, 1.82) is 15.8 Å². The van der Waals surface area contributed by atoms with E-state index in [9.17, 15) is 0 Å². The monoisotopic (exact) mass is 773 g/mol. The van der Waals surface area contributed by atoms with Crippen LogP contribution in [-0.4, -0.2) is 34.9 Å². The van der Waals surface area contributed by atoms with Crippen LogP contribution < -0.4 is 21.7 Å². The minimum Gasteiger partial charge on any atom is -0.394 e. The summed E-state index contributed by atoms with van der Waals surface area (Å²) in [4.78, 5) is 20.9. The number of nitrogen functional groups attached to an aromatic ring is 1. The Bertz CT molecular complexity index is 2850. The third kappa shape index (κ3) is 9.67. The average molecular weight is 774 g/mol. The van der Waals surface area contributed by atoms with Gasteiger partial charge in [0.15, 0.2) is 23.2 Å². The molecule has 3 heterocycles. The lowest BCUT2D eigenvalue weighted by Gasteiger charge is -2.15. The zero-order valence-corrected chi connectivity index (χ0v) is 32.4. The van der Waals surface area contributed by atoms with Crippen LogP contribution in [0.25, 0.3) is 33.8 Å². The van der Waals surface area contributed by atoms with Gasteiger partial charge in [-0.05, 0) is 128 Å². The van der Waals surface area contributed by atoms with Crippen molar-refractivity contribution in [3.8, 4) is 23.9 Å². The molecule has 15 nitrogen and oxygen atoms in total. The van der Waals surface area contributed by atoms with Crippen LogP contribution in [-0.2, 0) is 0 Å². The van der Waals surface area contributed by atoms with Crippen LogP contribution >= 0.6 is 0 Å². The van der Waals surface area contributed by atoms with Crippen LogP contribution in [0.1, 0.15) is 44.5 Å². The largest absolute Gasteiger partial charge is 0.394 e. The van der Waals surface area contributed by atoms with Crippen LogP contribution in [0.15, 0.2) is 97.5 Å². The Hall–Kier alpha value is -8.92. The highest BCUT2D eigenvalue weighted by Gasteiger charge is 2.15. The molecule has 0 amide bonds. The number of aromatic nitrogens is 7. The first-order valence-corrected chi connectivity index (χ1v) is 17.9. The molecule has 0 aliphatic heterocycles. The highest BCUT2D eigenvalue weighted by Crippen LogP contribution is 2.29. The van der Waals surface area contributed by atoms with Crippen LogP contribution in [0.5, 0.6) is 0 Å². The van der Waals surface area contributed by atoms with Gasteiger partial charge in [-0.3, -0.25) is 0 Å². The molecule has 0 spiro atoms. The van der Waals surface area contributed by atoms with Crippen molar-refractivity contribution in [2.45, 2.75) is 27.7 Å². The molecule has 0 bridgehead atoms. The van der Waals surface area contributed by atoms with Crippen LogP contribution in [0.4, 0.5) is 40.5 Å². The maximum Gasteiger partial charge on any atom is 0.229 e. The van der Waals surface area contributed by atoms with Gasteiger partial charge in [0, 0.05) is 23.1 Å². The topological polar surface area (TPSA) is 220 Å². The molecule has 0 saturated carbocycles. The second kappa shape index (κ2) is 18.1. The predicted octanol–water partition coefficient (Wildman–Crippen LogP) is 8.90. The summed E-state index contributed by atoms with van der Waals surface area (Å²) in [6, 6.07) is 28.2. The number of aryl methyl sites for hydroxylation is 4. The summed E-state index contributed by atoms with van der Waals surface area (Å²) in [7, 11) is 0. The van der Waals surface area contributed by atoms with Gasteiger partial charge in [-0.2, -0.15) is 30.4 Å². The maximum atomic E-state index is 8.93. The molecule has 0 atom stereocenters. The van der Waals surface area contributed by atoms with E-state index in [1.807, 2.05) is 58.0 Å². The number of nitrogens with two attached hydrogens (primary N) is 1. The average Bonchev–Trinajstić information content (AvgIpc) is 3.64. The molecular formula is C44H35N15. The zero-order chi connectivity index (χ0) is 41.9. The fourth-order valence-corrected chi connectivity index (χ4v) is 6.09. The van der Waals surface area contributed by atoms with Gasteiger partial charge in [-0.15, -0.1) is 5.10 Å². The molecule has 15 heteroatoms. The van der Waals surface area contributed by atoms with Gasteiger partial charge in [0.25, 0.3) is 0 Å². The van der Waals surface area contributed by atoms with Gasteiger partial charge < -0.3 is 21.7 Å². The fourth-order valence-electron chi connectivity index (χ4n) is 6.09. The van der Waals surface area contributed by atoms with E-state index in [2.05, 4.69) is 63.2 Å². The molecule has 3 aromatic heterocycles. The Kier molecular flexibility index (Phi) is 12.2. The first kappa shape index (κ1) is 39.8. The number of allylic oxidation sites excluding steroid dienone is 1. The normalized spacial score (nSPS) is 10.6. The quantitative estimate of drug-likeness (QED) is 0.0796. The van der Waals surface area contributed by atoms with Crippen molar-refractivity contribution >= 4 is 63.8 Å². The third-order valence-electron chi connectivity index (χ3n) is 8.77. The maximum absolute atomic E-state index is 8.93. The zero-order valence-electron chi connectivity index (χ0n) is 32.4. The Morgan fingerprint density at radius 1 is 0.712 bits per heavy atom. The summed E-state index contributed by atoms with van der Waals surface area (Å²) in [6.45, 7) is 14.8. The van der Waals surface area contributed by atoms with Gasteiger partial charge in [0.1, 0.15) is 0 Å². The lowest BCUT2D eigenvalue weighted by Crippen LogP contribution is -2.06. The lowest BCUT2D eigenvalue weighted by molar-refractivity contribution is 0.807. The number of fused-ring (bicyclic) bond motifs is 1. The van der Waals surface area contributed by atoms with E-state index in [4.69, 9.17) is 28.1 Å². The van der Waals surface area contributed by atoms with Crippen molar-refractivity contribution in [1.82, 2.24) is 34.9 Å². The van der Waals surface area contributed by atoms with Gasteiger partial charge in [0.05, 0.1) is 59.7 Å². The van der Waals surface area contributed by atoms with Crippen molar-refractivity contribution in [3.05, 3.63) is 153 Å². The van der Waals surface area contributed by atoms with E-state index < -0.39 is 0 Å². The second-order valence-corrected chi connectivity index (χ2v) is 13.1.